The SMILES string of the molecule is CNCc1noc(C2CC2C)n1. The summed E-state index contributed by atoms with van der Waals surface area (Å²) in [5, 5.41) is 6.84. The second-order valence-corrected chi connectivity index (χ2v) is 3.40. The van der Waals surface area contributed by atoms with Crippen molar-refractivity contribution in [2.45, 2.75) is 25.8 Å². The molecule has 1 saturated carbocycles. The molecule has 0 spiro atoms. The Kier molecular flexibility index (Phi) is 1.84. The van der Waals surface area contributed by atoms with Gasteiger partial charge < -0.3 is 9.84 Å². The van der Waals surface area contributed by atoms with Gasteiger partial charge in [0.2, 0.25) is 5.89 Å². The number of hydrogen-bond acceptors (Lipinski definition) is 4. The Balaban J connectivity index is 2.04. The predicted octanol–water partition coefficient (Wildman–Crippen LogP) is 0.912. The zero-order valence-corrected chi connectivity index (χ0v) is 7.37. The van der Waals surface area contributed by atoms with E-state index in [4.69, 9.17) is 4.52 Å². The molecule has 0 saturated heterocycles. The summed E-state index contributed by atoms with van der Waals surface area (Å²) in [5.41, 5.74) is 0. The van der Waals surface area contributed by atoms with Crippen LogP contribution in [0.1, 0.15) is 31.0 Å². The highest BCUT2D eigenvalue weighted by Crippen LogP contribution is 2.45. The van der Waals surface area contributed by atoms with Crippen molar-refractivity contribution >= 4 is 0 Å². The summed E-state index contributed by atoms with van der Waals surface area (Å²) in [4.78, 5) is 4.27. The van der Waals surface area contributed by atoms with E-state index in [0.717, 1.165) is 17.6 Å². The molecule has 1 aromatic heterocycles. The summed E-state index contributed by atoms with van der Waals surface area (Å²) in [5.74, 6) is 2.83. The van der Waals surface area contributed by atoms with Crippen molar-refractivity contribution in [2.24, 2.45) is 5.92 Å². The van der Waals surface area contributed by atoms with E-state index >= 15 is 0 Å². The summed E-state index contributed by atoms with van der Waals surface area (Å²) in [6.07, 6.45) is 1.20. The van der Waals surface area contributed by atoms with E-state index in [2.05, 4.69) is 22.4 Å². The van der Waals surface area contributed by atoms with Gasteiger partial charge in [0.25, 0.3) is 0 Å². The van der Waals surface area contributed by atoms with Gasteiger partial charge in [0.1, 0.15) is 0 Å². The molecule has 0 radical (unpaired) electrons. The highest BCUT2D eigenvalue weighted by Gasteiger charge is 2.38. The highest BCUT2D eigenvalue weighted by atomic mass is 16.5. The lowest BCUT2D eigenvalue weighted by molar-refractivity contribution is 0.370. The van der Waals surface area contributed by atoms with Crippen molar-refractivity contribution in [1.82, 2.24) is 15.5 Å². The lowest BCUT2D eigenvalue weighted by atomic mass is 10.3. The molecule has 1 aromatic rings. The zero-order chi connectivity index (χ0) is 8.55. The Morgan fingerprint density at radius 2 is 2.42 bits per heavy atom. The minimum Gasteiger partial charge on any atom is -0.339 e. The lowest BCUT2D eigenvalue weighted by Crippen LogP contribution is -2.06. The van der Waals surface area contributed by atoms with Crippen LogP contribution >= 0.6 is 0 Å². The molecule has 2 unspecified atom stereocenters. The Labute approximate surface area is 71.4 Å². The Morgan fingerprint density at radius 3 is 3.00 bits per heavy atom. The van der Waals surface area contributed by atoms with Gasteiger partial charge >= 0.3 is 0 Å². The molecule has 1 fully saturated rings. The van der Waals surface area contributed by atoms with Crippen LogP contribution in [0.2, 0.25) is 0 Å². The number of hydrogen-bond donors (Lipinski definition) is 1. The number of aromatic nitrogens is 2. The molecule has 1 aliphatic carbocycles. The monoisotopic (exact) mass is 167 g/mol. The van der Waals surface area contributed by atoms with Crippen molar-refractivity contribution in [3.05, 3.63) is 11.7 Å². The van der Waals surface area contributed by atoms with Crippen LogP contribution in [0.25, 0.3) is 0 Å². The van der Waals surface area contributed by atoms with Crippen molar-refractivity contribution < 1.29 is 4.52 Å². The van der Waals surface area contributed by atoms with E-state index in [9.17, 15) is 0 Å². The first kappa shape index (κ1) is 7.73. The zero-order valence-electron chi connectivity index (χ0n) is 7.37. The Bertz CT molecular complexity index is 271. The second-order valence-electron chi connectivity index (χ2n) is 3.40. The van der Waals surface area contributed by atoms with Gasteiger partial charge in [-0.1, -0.05) is 12.1 Å². The molecule has 1 N–H and O–H groups in total. The maximum absolute atomic E-state index is 5.11. The fourth-order valence-corrected chi connectivity index (χ4v) is 1.31. The van der Waals surface area contributed by atoms with Gasteiger partial charge in [-0.2, -0.15) is 4.98 Å². The maximum Gasteiger partial charge on any atom is 0.230 e. The predicted molar refractivity (Wildman–Crippen MR) is 43.6 cm³/mol. The first-order valence-corrected chi connectivity index (χ1v) is 4.28. The molecular formula is C8H13N3O. The largest absolute Gasteiger partial charge is 0.339 e. The van der Waals surface area contributed by atoms with E-state index in [1.165, 1.54) is 6.42 Å². The van der Waals surface area contributed by atoms with E-state index in [-0.39, 0.29) is 0 Å². The van der Waals surface area contributed by atoms with E-state index in [1.807, 2.05) is 7.05 Å². The molecule has 0 bridgehead atoms. The molecule has 4 heteroatoms. The highest BCUT2D eigenvalue weighted by molar-refractivity contribution is 5.05. The van der Waals surface area contributed by atoms with Crippen molar-refractivity contribution in [3.8, 4) is 0 Å². The van der Waals surface area contributed by atoms with Gasteiger partial charge in [0, 0.05) is 5.92 Å². The molecule has 0 aromatic carbocycles. The average Bonchev–Trinajstić information content (AvgIpc) is 2.62. The molecule has 0 aliphatic heterocycles. The van der Waals surface area contributed by atoms with Gasteiger partial charge in [0.05, 0.1) is 6.54 Å². The topological polar surface area (TPSA) is 51.0 Å². The van der Waals surface area contributed by atoms with Gasteiger partial charge in [0.15, 0.2) is 5.82 Å². The average molecular weight is 167 g/mol. The molecule has 66 valence electrons. The van der Waals surface area contributed by atoms with Crippen LogP contribution in [-0.2, 0) is 6.54 Å². The fourth-order valence-electron chi connectivity index (χ4n) is 1.31. The van der Waals surface area contributed by atoms with Crippen LogP contribution in [0.15, 0.2) is 4.52 Å². The molecule has 4 nitrogen and oxygen atoms in total. The third kappa shape index (κ3) is 1.34. The van der Waals surface area contributed by atoms with Crippen LogP contribution in [0.4, 0.5) is 0 Å². The Morgan fingerprint density at radius 1 is 1.67 bits per heavy atom. The van der Waals surface area contributed by atoms with Crippen LogP contribution in [0.3, 0.4) is 0 Å². The summed E-state index contributed by atoms with van der Waals surface area (Å²) < 4.78 is 5.11. The summed E-state index contributed by atoms with van der Waals surface area (Å²) in [7, 11) is 1.87. The van der Waals surface area contributed by atoms with Gasteiger partial charge in [-0.05, 0) is 19.4 Å². The molecule has 2 atom stereocenters. The van der Waals surface area contributed by atoms with Crippen LogP contribution in [-0.4, -0.2) is 17.2 Å². The smallest absolute Gasteiger partial charge is 0.230 e. The first-order chi connectivity index (χ1) is 5.81. The van der Waals surface area contributed by atoms with Crippen LogP contribution < -0.4 is 5.32 Å². The molecule has 0 amide bonds. The third-order valence-corrected chi connectivity index (χ3v) is 2.25. The van der Waals surface area contributed by atoms with Gasteiger partial charge in [-0.25, -0.2) is 0 Å². The van der Waals surface area contributed by atoms with E-state index in [1.54, 1.807) is 0 Å². The summed E-state index contributed by atoms with van der Waals surface area (Å²) in [6.45, 7) is 2.89. The minimum absolute atomic E-state index is 0.531. The number of nitrogens with zero attached hydrogens (tertiary/aromatic N) is 2. The standard InChI is InChI=1S/C8H13N3O/c1-5-3-6(5)8-10-7(4-9-2)11-12-8/h5-6,9H,3-4H2,1-2H3. The lowest BCUT2D eigenvalue weighted by Gasteiger charge is -1.86. The molecule has 12 heavy (non-hydrogen) atoms. The molecule has 2 rings (SSSR count). The normalized spacial score (nSPS) is 27.5. The minimum atomic E-state index is 0.531. The van der Waals surface area contributed by atoms with Crippen LogP contribution in [0.5, 0.6) is 0 Å². The van der Waals surface area contributed by atoms with Crippen molar-refractivity contribution in [1.29, 1.82) is 0 Å². The quantitative estimate of drug-likeness (QED) is 0.727. The summed E-state index contributed by atoms with van der Waals surface area (Å²) >= 11 is 0. The van der Waals surface area contributed by atoms with Crippen LogP contribution in [0, 0.1) is 5.92 Å². The first-order valence-electron chi connectivity index (χ1n) is 4.28. The third-order valence-electron chi connectivity index (χ3n) is 2.25. The number of nitrogens with one attached hydrogen (secondary N) is 1. The van der Waals surface area contributed by atoms with Crippen molar-refractivity contribution in [3.63, 3.8) is 0 Å². The number of rotatable bonds is 3. The summed E-state index contributed by atoms with van der Waals surface area (Å²) in [6, 6.07) is 0. The maximum atomic E-state index is 5.11. The van der Waals surface area contributed by atoms with E-state index in [0.29, 0.717) is 12.5 Å². The van der Waals surface area contributed by atoms with Crippen molar-refractivity contribution in [2.75, 3.05) is 7.05 Å². The Hall–Kier alpha value is -0.900. The van der Waals surface area contributed by atoms with E-state index < -0.39 is 0 Å². The molecule has 1 heterocycles. The second kappa shape index (κ2) is 2.86. The fraction of sp³-hybridized carbons (Fsp3) is 0.750. The molecular weight excluding hydrogens is 154 g/mol. The van der Waals surface area contributed by atoms with Gasteiger partial charge in [-0.15, -0.1) is 0 Å². The molecule has 1 aliphatic rings. The van der Waals surface area contributed by atoms with Gasteiger partial charge in [-0.3, -0.25) is 0 Å².